The van der Waals surface area contributed by atoms with Gasteiger partial charge in [-0.15, -0.1) is 0 Å². The Morgan fingerprint density at radius 2 is 1.72 bits per heavy atom. The molecule has 1 aromatic heterocycles. The predicted octanol–water partition coefficient (Wildman–Crippen LogP) is 4.49. The number of fused-ring (bicyclic) bond motifs is 1. The summed E-state index contributed by atoms with van der Waals surface area (Å²) in [5.41, 5.74) is 0.160. The van der Waals surface area contributed by atoms with Crippen molar-refractivity contribution in [3.63, 3.8) is 0 Å². The number of anilines is 1. The molecule has 0 spiro atoms. The van der Waals surface area contributed by atoms with Crippen LogP contribution in [0.4, 0.5) is 5.69 Å². The summed E-state index contributed by atoms with van der Waals surface area (Å²) in [7, 11) is -2.56. The molecule has 0 saturated carbocycles. The molecule has 162 valence electrons. The van der Waals surface area contributed by atoms with Gasteiger partial charge in [-0.25, -0.2) is 18.0 Å². The lowest BCUT2D eigenvalue weighted by atomic mass is 10.2. The van der Waals surface area contributed by atoms with Crippen LogP contribution in [0.1, 0.15) is 10.4 Å². The number of nitrogens with zero attached hydrogens (tertiary/aromatic N) is 1. The second-order valence-corrected chi connectivity index (χ2v) is 9.23. The highest BCUT2D eigenvalue weighted by Gasteiger charge is 2.23. The molecule has 0 N–H and O–H groups in total. The van der Waals surface area contributed by atoms with Gasteiger partial charge in [-0.05, 0) is 54.6 Å². The molecule has 4 aromatic rings. The Balaban J connectivity index is 1.61. The van der Waals surface area contributed by atoms with Crippen molar-refractivity contribution in [3.8, 4) is 5.75 Å². The molecule has 0 aliphatic heterocycles. The number of sulfonamides is 1. The summed E-state index contributed by atoms with van der Waals surface area (Å²) in [6.07, 6.45) is 0. The molecule has 7 nitrogen and oxygen atoms in total. The van der Waals surface area contributed by atoms with E-state index in [0.29, 0.717) is 16.1 Å². The van der Waals surface area contributed by atoms with Crippen molar-refractivity contribution in [1.29, 1.82) is 0 Å². The van der Waals surface area contributed by atoms with Crippen molar-refractivity contribution in [2.24, 2.45) is 0 Å². The lowest BCUT2D eigenvalue weighted by molar-refractivity contribution is 0.0734. The van der Waals surface area contributed by atoms with Crippen molar-refractivity contribution in [1.82, 2.24) is 0 Å². The Labute approximate surface area is 188 Å². The topological polar surface area (TPSA) is 93.9 Å². The number of carbonyl (C=O) groups is 1. The third-order valence-corrected chi connectivity index (χ3v) is 6.72. The zero-order valence-electron chi connectivity index (χ0n) is 16.7. The average molecular weight is 470 g/mol. The van der Waals surface area contributed by atoms with Crippen LogP contribution in [0.3, 0.4) is 0 Å². The molecular formula is C23H16ClNO6S. The monoisotopic (exact) mass is 469 g/mol. The molecule has 0 saturated heterocycles. The third-order valence-electron chi connectivity index (χ3n) is 4.71. The van der Waals surface area contributed by atoms with Crippen LogP contribution in [0.2, 0.25) is 5.02 Å². The van der Waals surface area contributed by atoms with Crippen LogP contribution in [0.15, 0.2) is 93.0 Å². The largest absolute Gasteiger partial charge is 0.423 e. The molecule has 32 heavy (non-hydrogen) atoms. The number of benzene rings is 3. The Hall–Kier alpha value is -3.62. The van der Waals surface area contributed by atoms with Crippen LogP contribution < -0.4 is 14.7 Å². The summed E-state index contributed by atoms with van der Waals surface area (Å²) in [6, 6.07) is 19.4. The van der Waals surface area contributed by atoms with E-state index in [2.05, 4.69) is 0 Å². The van der Waals surface area contributed by atoms with Gasteiger partial charge in [-0.3, -0.25) is 4.31 Å². The first kappa shape index (κ1) is 21.6. The number of hydrogen-bond donors (Lipinski definition) is 0. The predicted molar refractivity (Wildman–Crippen MR) is 121 cm³/mol. The highest BCUT2D eigenvalue weighted by Crippen LogP contribution is 2.26. The molecule has 1 heterocycles. The van der Waals surface area contributed by atoms with Crippen molar-refractivity contribution in [2.75, 3.05) is 11.4 Å². The number of rotatable bonds is 5. The van der Waals surface area contributed by atoms with Gasteiger partial charge in [0.05, 0.1) is 16.1 Å². The maximum absolute atomic E-state index is 13.0. The van der Waals surface area contributed by atoms with Crippen LogP contribution in [0, 0.1) is 0 Å². The Bertz CT molecular complexity index is 1500. The van der Waals surface area contributed by atoms with Gasteiger partial charge in [0.15, 0.2) is 0 Å². The van der Waals surface area contributed by atoms with Gasteiger partial charge in [0, 0.05) is 29.6 Å². The van der Waals surface area contributed by atoms with E-state index in [1.54, 1.807) is 36.4 Å². The van der Waals surface area contributed by atoms with Gasteiger partial charge in [0.25, 0.3) is 10.0 Å². The molecule has 0 atom stereocenters. The molecule has 0 radical (unpaired) electrons. The number of halogens is 1. The minimum atomic E-state index is -3.95. The summed E-state index contributed by atoms with van der Waals surface area (Å²) >= 11 is 5.97. The van der Waals surface area contributed by atoms with Crippen LogP contribution in [0.5, 0.6) is 5.75 Å². The molecule has 0 aliphatic rings. The standard InChI is InChI=1S/C23H16ClNO6S/c1-25(18-6-3-5-17(24)13-18)32(28,29)20-7-2-4-16(12-20)23(27)30-19-10-8-15-9-11-22(26)31-21(15)14-19/h2-14H,1H3. The molecule has 3 aromatic carbocycles. The molecule has 4 rings (SSSR count). The first-order valence-corrected chi connectivity index (χ1v) is 11.2. The Kier molecular flexibility index (Phi) is 5.73. The lowest BCUT2D eigenvalue weighted by Crippen LogP contribution is -2.26. The summed E-state index contributed by atoms with van der Waals surface area (Å²) < 4.78 is 37.6. The number of carbonyl (C=O) groups excluding carboxylic acids is 1. The van der Waals surface area contributed by atoms with Crippen LogP contribution in [-0.2, 0) is 10.0 Å². The molecular weight excluding hydrogens is 454 g/mol. The van der Waals surface area contributed by atoms with E-state index in [1.165, 1.54) is 49.5 Å². The SMILES string of the molecule is CN(c1cccc(Cl)c1)S(=O)(=O)c1cccc(C(=O)Oc2ccc3ccc(=O)oc3c2)c1. The number of esters is 1. The van der Waals surface area contributed by atoms with Crippen molar-refractivity contribution >= 4 is 44.3 Å². The zero-order valence-corrected chi connectivity index (χ0v) is 18.3. The number of hydrogen-bond acceptors (Lipinski definition) is 6. The molecule has 0 aliphatic carbocycles. The van der Waals surface area contributed by atoms with E-state index in [0.717, 1.165) is 4.31 Å². The van der Waals surface area contributed by atoms with E-state index in [4.69, 9.17) is 20.8 Å². The van der Waals surface area contributed by atoms with Gasteiger partial charge in [-0.1, -0.05) is 23.7 Å². The van der Waals surface area contributed by atoms with Gasteiger partial charge in [-0.2, -0.15) is 0 Å². The fraction of sp³-hybridized carbons (Fsp3) is 0.0435. The van der Waals surface area contributed by atoms with E-state index < -0.39 is 21.6 Å². The Morgan fingerprint density at radius 3 is 2.50 bits per heavy atom. The fourth-order valence-corrected chi connectivity index (χ4v) is 4.44. The summed E-state index contributed by atoms with van der Waals surface area (Å²) in [4.78, 5) is 24.0. The van der Waals surface area contributed by atoms with Gasteiger partial charge in [0.1, 0.15) is 11.3 Å². The number of ether oxygens (including phenoxy) is 1. The van der Waals surface area contributed by atoms with Gasteiger partial charge >= 0.3 is 11.6 Å². The normalized spacial score (nSPS) is 11.3. The van der Waals surface area contributed by atoms with Gasteiger partial charge < -0.3 is 9.15 Å². The zero-order chi connectivity index (χ0) is 22.9. The highest BCUT2D eigenvalue weighted by atomic mass is 35.5. The minimum absolute atomic E-state index is 0.0418. The Morgan fingerprint density at radius 1 is 0.969 bits per heavy atom. The quantitative estimate of drug-likeness (QED) is 0.243. The van der Waals surface area contributed by atoms with E-state index in [-0.39, 0.29) is 21.8 Å². The summed E-state index contributed by atoms with van der Waals surface area (Å²) in [5.74, 6) is -0.605. The van der Waals surface area contributed by atoms with E-state index >= 15 is 0 Å². The van der Waals surface area contributed by atoms with Crippen molar-refractivity contribution in [2.45, 2.75) is 4.90 Å². The molecule has 9 heteroatoms. The van der Waals surface area contributed by atoms with Crippen LogP contribution >= 0.6 is 11.6 Å². The van der Waals surface area contributed by atoms with Gasteiger partial charge in [0.2, 0.25) is 0 Å². The molecule has 0 unspecified atom stereocenters. The highest BCUT2D eigenvalue weighted by molar-refractivity contribution is 7.92. The second kappa shape index (κ2) is 8.49. The maximum atomic E-state index is 13.0. The third kappa shape index (κ3) is 4.37. The van der Waals surface area contributed by atoms with Crippen molar-refractivity contribution in [3.05, 3.63) is 99.9 Å². The first-order chi connectivity index (χ1) is 15.2. The second-order valence-electron chi connectivity index (χ2n) is 6.82. The van der Waals surface area contributed by atoms with E-state index in [1.807, 2.05) is 0 Å². The first-order valence-electron chi connectivity index (χ1n) is 9.35. The van der Waals surface area contributed by atoms with Crippen molar-refractivity contribution < 1.29 is 22.4 Å². The summed E-state index contributed by atoms with van der Waals surface area (Å²) in [6.45, 7) is 0. The summed E-state index contributed by atoms with van der Waals surface area (Å²) in [5, 5.41) is 1.06. The average Bonchev–Trinajstić information content (AvgIpc) is 2.78. The molecule has 0 fully saturated rings. The van der Waals surface area contributed by atoms with Crippen LogP contribution in [-0.4, -0.2) is 21.4 Å². The maximum Gasteiger partial charge on any atom is 0.343 e. The van der Waals surface area contributed by atoms with Crippen LogP contribution in [0.25, 0.3) is 11.0 Å². The van der Waals surface area contributed by atoms with E-state index in [9.17, 15) is 18.0 Å². The molecule has 0 bridgehead atoms. The molecule has 0 amide bonds. The fourth-order valence-electron chi connectivity index (χ4n) is 3.02. The lowest BCUT2D eigenvalue weighted by Gasteiger charge is -2.20. The smallest absolute Gasteiger partial charge is 0.343 e. The minimum Gasteiger partial charge on any atom is -0.423 e.